The van der Waals surface area contributed by atoms with E-state index >= 15 is 0 Å². The minimum Gasteiger partial charge on any atom is -0.493 e. The molecule has 1 atom stereocenters. The van der Waals surface area contributed by atoms with E-state index in [0.29, 0.717) is 30.8 Å². The molecule has 2 rings (SSSR count). The van der Waals surface area contributed by atoms with Crippen LogP contribution in [0.1, 0.15) is 13.3 Å². The van der Waals surface area contributed by atoms with Gasteiger partial charge in [-0.3, -0.25) is 4.90 Å². The maximum Gasteiger partial charge on any atom is 0.317 e. The molecule has 7 heteroatoms. The number of carbonyl (C=O) groups excluding carboxylic acids is 1. The predicted molar refractivity (Wildman–Crippen MR) is 106 cm³/mol. The number of amides is 2. The molecule has 1 unspecified atom stereocenters. The van der Waals surface area contributed by atoms with Crippen LogP contribution in [0.25, 0.3) is 0 Å². The molecule has 0 saturated carbocycles. The lowest BCUT2D eigenvalue weighted by Gasteiger charge is -2.36. The van der Waals surface area contributed by atoms with Gasteiger partial charge in [0.15, 0.2) is 0 Å². The van der Waals surface area contributed by atoms with E-state index in [0.717, 1.165) is 38.3 Å². The third-order valence-corrected chi connectivity index (χ3v) is 4.99. The van der Waals surface area contributed by atoms with Gasteiger partial charge in [0.25, 0.3) is 0 Å². The zero-order valence-electron chi connectivity index (χ0n) is 16.1. The average Bonchev–Trinajstić information content (AvgIpc) is 2.63. The Hall–Kier alpha value is -1.50. The van der Waals surface area contributed by atoms with Crippen LogP contribution in [0.5, 0.6) is 5.75 Å². The SMILES string of the molecule is CC(CNC(=O)N(C)CCCOc1cccc(Cl)c1)N1CCN(C)CC1. The first-order chi connectivity index (χ1) is 12.5. The number of piperazine rings is 1. The summed E-state index contributed by atoms with van der Waals surface area (Å²) in [6, 6.07) is 7.66. The fourth-order valence-electron chi connectivity index (χ4n) is 2.91. The van der Waals surface area contributed by atoms with Crippen LogP contribution in [0.3, 0.4) is 0 Å². The van der Waals surface area contributed by atoms with Crippen LogP contribution in [0.15, 0.2) is 24.3 Å². The van der Waals surface area contributed by atoms with Gasteiger partial charge in [0.2, 0.25) is 0 Å². The molecule has 2 amide bonds. The quantitative estimate of drug-likeness (QED) is 0.701. The van der Waals surface area contributed by atoms with Crippen LogP contribution >= 0.6 is 11.6 Å². The van der Waals surface area contributed by atoms with Crippen LogP contribution in [0, 0.1) is 0 Å². The summed E-state index contributed by atoms with van der Waals surface area (Å²) in [5, 5.41) is 3.69. The first-order valence-corrected chi connectivity index (χ1v) is 9.63. The average molecular weight is 383 g/mol. The van der Waals surface area contributed by atoms with Gasteiger partial charge in [-0.1, -0.05) is 17.7 Å². The van der Waals surface area contributed by atoms with Gasteiger partial charge >= 0.3 is 6.03 Å². The molecule has 1 aromatic rings. The Kier molecular flexibility index (Phi) is 8.48. The van der Waals surface area contributed by atoms with Crippen molar-refractivity contribution in [2.75, 3.05) is 60.0 Å². The molecule has 0 bridgehead atoms. The number of likely N-dealkylation sites (N-methyl/N-ethyl adjacent to an activating group) is 1. The van der Waals surface area contributed by atoms with Crippen molar-refractivity contribution in [1.82, 2.24) is 20.0 Å². The van der Waals surface area contributed by atoms with Gasteiger partial charge in [-0.25, -0.2) is 4.79 Å². The first kappa shape index (κ1) is 20.8. The Morgan fingerprint density at radius 2 is 2.08 bits per heavy atom. The number of halogens is 1. The van der Waals surface area contributed by atoms with Crippen LogP contribution in [0.2, 0.25) is 5.02 Å². The number of urea groups is 1. The molecule has 1 aliphatic heterocycles. The Balaban J connectivity index is 1.59. The van der Waals surface area contributed by atoms with E-state index in [1.165, 1.54) is 0 Å². The molecule has 0 radical (unpaired) electrons. The molecule has 6 nitrogen and oxygen atoms in total. The van der Waals surface area contributed by atoms with E-state index in [-0.39, 0.29) is 6.03 Å². The van der Waals surface area contributed by atoms with E-state index in [2.05, 4.69) is 29.1 Å². The minimum atomic E-state index is -0.0336. The second-order valence-electron chi connectivity index (χ2n) is 6.96. The standard InChI is InChI=1S/C19H31ClN4O2/c1-16(24-11-9-22(2)10-12-24)15-21-19(25)23(3)8-5-13-26-18-7-4-6-17(20)14-18/h4,6-7,14,16H,5,8-13,15H2,1-3H3,(H,21,25). The third kappa shape index (κ3) is 7.02. The van der Waals surface area contributed by atoms with Crippen LogP contribution in [-0.2, 0) is 0 Å². The lowest BCUT2D eigenvalue weighted by molar-refractivity contribution is 0.117. The molecule has 1 N–H and O–H groups in total. The van der Waals surface area contributed by atoms with Gasteiger partial charge in [0.1, 0.15) is 5.75 Å². The summed E-state index contributed by atoms with van der Waals surface area (Å²) in [6.45, 7) is 8.34. The first-order valence-electron chi connectivity index (χ1n) is 9.25. The molecule has 1 fully saturated rings. The Morgan fingerprint density at radius 3 is 2.77 bits per heavy atom. The van der Waals surface area contributed by atoms with Crippen molar-refractivity contribution in [3.05, 3.63) is 29.3 Å². The normalized spacial score (nSPS) is 16.9. The van der Waals surface area contributed by atoms with Gasteiger partial charge < -0.3 is 19.9 Å². The maximum atomic E-state index is 12.2. The summed E-state index contributed by atoms with van der Waals surface area (Å²) in [6.07, 6.45) is 0.768. The van der Waals surface area contributed by atoms with Crippen LogP contribution in [-0.4, -0.2) is 86.7 Å². The van der Waals surface area contributed by atoms with Crippen molar-refractivity contribution in [2.45, 2.75) is 19.4 Å². The number of ether oxygens (including phenoxy) is 1. The Morgan fingerprint density at radius 1 is 1.35 bits per heavy atom. The van der Waals surface area contributed by atoms with Crippen LogP contribution < -0.4 is 10.1 Å². The number of carbonyl (C=O) groups is 1. The molecule has 146 valence electrons. The number of hydrogen-bond donors (Lipinski definition) is 1. The van der Waals surface area contributed by atoms with Gasteiger partial charge in [0.05, 0.1) is 6.61 Å². The highest BCUT2D eigenvalue weighted by Gasteiger charge is 2.19. The van der Waals surface area contributed by atoms with E-state index < -0.39 is 0 Å². The zero-order chi connectivity index (χ0) is 18.9. The number of hydrogen-bond acceptors (Lipinski definition) is 4. The molecule has 1 aliphatic rings. The van der Waals surface area contributed by atoms with E-state index in [9.17, 15) is 4.79 Å². The molecule has 1 saturated heterocycles. The zero-order valence-corrected chi connectivity index (χ0v) is 16.8. The molecular weight excluding hydrogens is 352 g/mol. The summed E-state index contributed by atoms with van der Waals surface area (Å²) in [4.78, 5) is 18.7. The van der Waals surface area contributed by atoms with Crippen molar-refractivity contribution >= 4 is 17.6 Å². The molecule has 0 aliphatic carbocycles. The van der Waals surface area contributed by atoms with Gasteiger partial charge in [0, 0.05) is 57.4 Å². The second kappa shape index (κ2) is 10.6. The molecule has 0 spiro atoms. The van der Waals surface area contributed by atoms with E-state index in [4.69, 9.17) is 16.3 Å². The van der Waals surface area contributed by atoms with Gasteiger partial charge in [-0.05, 0) is 38.6 Å². The number of rotatable bonds is 8. The number of benzene rings is 1. The topological polar surface area (TPSA) is 48.1 Å². The molecule has 1 heterocycles. The minimum absolute atomic E-state index is 0.0336. The highest BCUT2D eigenvalue weighted by atomic mass is 35.5. The van der Waals surface area contributed by atoms with E-state index in [1.807, 2.05) is 25.2 Å². The highest BCUT2D eigenvalue weighted by Crippen LogP contribution is 2.17. The summed E-state index contributed by atoms with van der Waals surface area (Å²) >= 11 is 5.93. The predicted octanol–water partition coefficient (Wildman–Crippen LogP) is 2.39. The van der Waals surface area contributed by atoms with Gasteiger partial charge in [-0.15, -0.1) is 0 Å². The van der Waals surface area contributed by atoms with E-state index in [1.54, 1.807) is 11.0 Å². The highest BCUT2D eigenvalue weighted by molar-refractivity contribution is 6.30. The molecule has 1 aromatic carbocycles. The lowest BCUT2D eigenvalue weighted by Crippen LogP contribution is -2.52. The number of nitrogens with one attached hydrogen (secondary N) is 1. The summed E-state index contributed by atoms with van der Waals surface area (Å²) in [7, 11) is 3.96. The smallest absolute Gasteiger partial charge is 0.317 e. The third-order valence-electron chi connectivity index (χ3n) is 4.76. The lowest BCUT2D eigenvalue weighted by atomic mass is 10.2. The van der Waals surface area contributed by atoms with Crippen molar-refractivity contribution in [3.63, 3.8) is 0 Å². The van der Waals surface area contributed by atoms with Crippen molar-refractivity contribution in [1.29, 1.82) is 0 Å². The van der Waals surface area contributed by atoms with Crippen LogP contribution in [0.4, 0.5) is 4.79 Å². The van der Waals surface area contributed by atoms with Crippen molar-refractivity contribution in [3.8, 4) is 5.75 Å². The molecule has 0 aromatic heterocycles. The largest absolute Gasteiger partial charge is 0.493 e. The fraction of sp³-hybridized carbons (Fsp3) is 0.632. The monoisotopic (exact) mass is 382 g/mol. The second-order valence-corrected chi connectivity index (χ2v) is 7.39. The molecule has 26 heavy (non-hydrogen) atoms. The summed E-state index contributed by atoms with van der Waals surface area (Å²) in [5.41, 5.74) is 0. The fourth-order valence-corrected chi connectivity index (χ4v) is 3.09. The van der Waals surface area contributed by atoms with Crippen molar-refractivity contribution < 1.29 is 9.53 Å². The van der Waals surface area contributed by atoms with Gasteiger partial charge in [-0.2, -0.15) is 0 Å². The summed E-state index contributed by atoms with van der Waals surface area (Å²) in [5.74, 6) is 0.755. The van der Waals surface area contributed by atoms with Crippen molar-refractivity contribution in [2.24, 2.45) is 0 Å². The number of nitrogens with zero attached hydrogens (tertiary/aromatic N) is 3. The summed E-state index contributed by atoms with van der Waals surface area (Å²) < 4.78 is 5.65. The Labute approximate surface area is 162 Å². The maximum absolute atomic E-state index is 12.2. The Bertz CT molecular complexity index is 564. The molecular formula is C19H31ClN4O2.